The van der Waals surface area contributed by atoms with Crippen molar-refractivity contribution in [3.8, 4) is 0 Å². The third-order valence-electron chi connectivity index (χ3n) is 5.96. The van der Waals surface area contributed by atoms with Gasteiger partial charge in [0.05, 0.1) is 18.1 Å². The lowest BCUT2D eigenvalue weighted by Gasteiger charge is -2.36. The lowest BCUT2D eigenvalue weighted by atomic mass is 9.73. The Morgan fingerprint density at radius 1 is 1.16 bits per heavy atom. The van der Waals surface area contributed by atoms with E-state index >= 15 is 0 Å². The molecule has 0 spiro atoms. The quantitative estimate of drug-likeness (QED) is 0.459. The summed E-state index contributed by atoms with van der Waals surface area (Å²) in [6.07, 6.45) is 1.02. The number of ketones is 1. The van der Waals surface area contributed by atoms with Gasteiger partial charge in [-0.1, -0.05) is 29.8 Å². The van der Waals surface area contributed by atoms with E-state index in [2.05, 4.69) is 5.32 Å². The fourth-order valence-electron chi connectivity index (χ4n) is 4.52. The predicted molar refractivity (Wildman–Crippen MR) is 126 cm³/mol. The monoisotopic (exact) mass is 471 g/mol. The van der Waals surface area contributed by atoms with Crippen molar-refractivity contribution in [1.82, 2.24) is 5.32 Å². The summed E-state index contributed by atoms with van der Waals surface area (Å²) in [5, 5.41) is 4.04. The SMILES string of the molecule is COCCOC(=O)C1=C(C)NC2=C(C(=O)CC(c3ccccc3Cl)C2)C1c1ccc(C)s1. The summed E-state index contributed by atoms with van der Waals surface area (Å²) >= 11 is 8.04. The summed E-state index contributed by atoms with van der Waals surface area (Å²) in [5.74, 6) is -0.819. The molecule has 1 aliphatic heterocycles. The summed E-state index contributed by atoms with van der Waals surface area (Å²) < 4.78 is 10.5. The number of allylic oxidation sites excluding steroid dienone is 3. The van der Waals surface area contributed by atoms with Crippen molar-refractivity contribution in [2.45, 2.75) is 38.5 Å². The number of carbonyl (C=O) groups is 2. The predicted octanol–water partition coefficient (Wildman–Crippen LogP) is 5.26. The molecular formula is C25H26ClNO4S. The number of ether oxygens (including phenoxy) is 2. The largest absolute Gasteiger partial charge is 0.460 e. The van der Waals surface area contributed by atoms with E-state index in [1.165, 1.54) is 0 Å². The molecule has 0 amide bonds. The van der Waals surface area contributed by atoms with Crippen LogP contribution in [0, 0.1) is 6.92 Å². The molecule has 32 heavy (non-hydrogen) atoms. The highest BCUT2D eigenvalue weighted by Gasteiger charge is 2.42. The number of benzene rings is 1. The first-order chi connectivity index (χ1) is 15.4. The molecule has 1 aromatic carbocycles. The number of thiophene rings is 1. The molecule has 4 rings (SSSR count). The third kappa shape index (κ3) is 4.40. The van der Waals surface area contributed by atoms with Gasteiger partial charge in [0.2, 0.25) is 0 Å². The highest BCUT2D eigenvalue weighted by Crippen LogP contribution is 2.47. The Morgan fingerprint density at radius 2 is 1.94 bits per heavy atom. The number of aryl methyl sites for hydroxylation is 1. The van der Waals surface area contributed by atoms with Gasteiger partial charge in [-0.2, -0.15) is 0 Å². The van der Waals surface area contributed by atoms with Crippen molar-refractivity contribution >= 4 is 34.7 Å². The first kappa shape index (κ1) is 22.8. The highest BCUT2D eigenvalue weighted by atomic mass is 35.5. The minimum absolute atomic E-state index is 0.00354. The molecule has 0 radical (unpaired) electrons. The molecule has 2 unspecified atom stereocenters. The molecule has 0 bridgehead atoms. The van der Waals surface area contributed by atoms with Crippen LogP contribution in [0.15, 0.2) is 58.9 Å². The number of methoxy groups -OCH3 is 1. The Bertz CT molecular complexity index is 1120. The van der Waals surface area contributed by atoms with Crippen molar-refractivity contribution in [2.24, 2.45) is 0 Å². The Kier molecular flexibility index (Phi) is 6.84. The first-order valence-corrected chi connectivity index (χ1v) is 11.8. The van der Waals surface area contributed by atoms with E-state index in [0.29, 0.717) is 35.6 Å². The third-order valence-corrected chi connectivity index (χ3v) is 7.37. The Hall–Kier alpha value is -2.41. The van der Waals surface area contributed by atoms with Gasteiger partial charge in [0.1, 0.15) is 6.61 Å². The van der Waals surface area contributed by atoms with Gasteiger partial charge in [-0.15, -0.1) is 11.3 Å². The molecule has 168 valence electrons. The normalized spacial score (nSPS) is 20.8. The smallest absolute Gasteiger partial charge is 0.336 e. The van der Waals surface area contributed by atoms with Gasteiger partial charge in [-0.05, 0) is 49.9 Å². The zero-order chi connectivity index (χ0) is 22.8. The summed E-state index contributed by atoms with van der Waals surface area (Å²) in [6.45, 7) is 4.37. The molecule has 2 aliphatic rings. The number of nitrogens with one attached hydrogen (secondary N) is 1. The van der Waals surface area contributed by atoms with E-state index < -0.39 is 11.9 Å². The van der Waals surface area contributed by atoms with Crippen LogP contribution in [0.25, 0.3) is 0 Å². The van der Waals surface area contributed by atoms with Crippen LogP contribution >= 0.6 is 22.9 Å². The standard InChI is InChI=1S/C25H26ClNO4S/c1-14-8-9-21(32-14)24-22(25(29)31-11-10-30-3)15(2)27-19-12-16(13-20(28)23(19)24)17-6-4-5-7-18(17)26/h4-9,16,24,27H,10-13H2,1-3H3. The zero-order valence-electron chi connectivity index (χ0n) is 18.4. The molecule has 7 heteroatoms. The van der Waals surface area contributed by atoms with Crippen LogP contribution in [0.1, 0.15) is 46.9 Å². The van der Waals surface area contributed by atoms with Gasteiger partial charge >= 0.3 is 5.97 Å². The van der Waals surface area contributed by atoms with Crippen LogP contribution in [0.2, 0.25) is 5.02 Å². The maximum atomic E-state index is 13.5. The zero-order valence-corrected chi connectivity index (χ0v) is 19.9. The Labute approximate surface area is 197 Å². The molecule has 0 saturated carbocycles. The van der Waals surface area contributed by atoms with Crippen LogP contribution in [0.5, 0.6) is 0 Å². The number of esters is 1. The van der Waals surface area contributed by atoms with Gasteiger partial charge in [0.15, 0.2) is 5.78 Å². The second-order valence-electron chi connectivity index (χ2n) is 8.12. The van der Waals surface area contributed by atoms with E-state index in [9.17, 15) is 9.59 Å². The maximum Gasteiger partial charge on any atom is 0.336 e. The van der Waals surface area contributed by atoms with Crippen LogP contribution in [-0.2, 0) is 19.1 Å². The molecule has 2 heterocycles. The van der Waals surface area contributed by atoms with Gasteiger partial charge in [0.25, 0.3) is 0 Å². The number of rotatable bonds is 6. The van der Waals surface area contributed by atoms with Gasteiger partial charge in [-0.25, -0.2) is 4.79 Å². The van der Waals surface area contributed by atoms with Crippen molar-refractivity contribution in [2.75, 3.05) is 20.3 Å². The highest BCUT2D eigenvalue weighted by molar-refractivity contribution is 7.12. The molecule has 0 fully saturated rings. The second kappa shape index (κ2) is 9.61. The molecule has 5 nitrogen and oxygen atoms in total. The molecule has 2 atom stereocenters. The van der Waals surface area contributed by atoms with E-state index in [1.54, 1.807) is 18.4 Å². The van der Waals surface area contributed by atoms with Gasteiger partial charge in [0, 0.05) is 45.3 Å². The molecule has 0 saturated heterocycles. The van der Waals surface area contributed by atoms with Crippen molar-refractivity contribution in [1.29, 1.82) is 0 Å². The van der Waals surface area contributed by atoms with Gasteiger partial charge in [-0.3, -0.25) is 4.79 Å². The lowest BCUT2D eigenvalue weighted by Crippen LogP contribution is -2.36. The van der Waals surface area contributed by atoms with Crippen molar-refractivity contribution < 1.29 is 19.1 Å². The van der Waals surface area contributed by atoms with Crippen LogP contribution < -0.4 is 5.32 Å². The fourth-order valence-corrected chi connectivity index (χ4v) is 5.81. The number of dihydropyridines is 1. The number of halogens is 1. The van der Waals surface area contributed by atoms with Crippen LogP contribution in [-0.4, -0.2) is 32.1 Å². The van der Waals surface area contributed by atoms with Crippen molar-refractivity contribution in [3.05, 3.63) is 79.3 Å². The number of hydrogen-bond donors (Lipinski definition) is 1. The topological polar surface area (TPSA) is 64.6 Å². The van der Waals surface area contributed by atoms with Crippen molar-refractivity contribution in [3.63, 3.8) is 0 Å². The minimum Gasteiger partial charge on any atom is -0.460 e. The van der Waals surface area contributed by atoms with E-state index in [0.717, 1.165) is 26.7 Å². The van der Waals surface area contributed by atoms with E-state index in [1.807, 2.05) is 50.2 Å². The molecule has 1 aromatic heterocycles. The second-order valence-corrected chi connectivity index (χ2v) is 9.84. The number of carbonyl (C=O) groups excluding carboxylic acids is 2. The number of Topliss-reactive ketones (excluding diaryl/α,β-unsaturated/α-hetero) is 1. The Balaban J connectivity index is 1.74. The van der Waals surface area contributed by atoms with Crippen LogP contribution in [0.4, 0.5) is 0 Å². The Morgan fingerprint density at radius 3 is 2.62 bits per heavy atom. The van der Waals surface area contributed by atoms with Gasteiger partial charge < -0.3 is 14.8 Å². The minimum atomic E-state index is -0.431. The van der Waals surface area contributed by atoms with E-state index in [-0.39, 0.29) is 18.3 Å². The van der Waals surface area contributed by atoms with E-state index in [4.69, 9.17) is 21.1 Å². The lowest BCUT2D eigenvalue weighted by molar-refractivity contribution is -0.140. The summed E-state index contributed by atoms with van der Waals surface area (Å²) in [7, 11) is 1.56. The fraction of sp³-hybridized carbons (Fsp3) is 0.360. The molecule has 1 aliphatic carbocycles. The molecule has 1 N–H and O–H groups in total. The summed E-state index contributed by atoms with van der Waals surface area (Å²) in [4.78, 5) is 28.7. The van der Waals surface area contributed by atoms with Crippen LogP contribution in [0.3, 0.4) is 0 Å². The summed E-state index contributed by atoms with van der Waals surface area (Å²) in [5.41, 5.74) is 3.72. The first-order valence-electron chi connectivity index (χ1n) is 10.6. The molecule has 2 aromatic rings. The number of hydrogen-bond acceptors (Lipinski definition) is 6. The summed E-state index contributed by atoms with van der Waals surface area (Å²) in [6, 6.07) is 11.7. The average Bonchev–Trinajstić information content (AvgIpc) is 3.19. The maximum absolute atomic E-state index is 13.5. The average molecular weight is 472 g/mol. The molecular weight excluding hydrogens is 446 g/mol.